The lowest BCUT2D eigenvalue weighted by atomic mass is 9.97. The van der Waals surface area contributed by atoms with Gasteiger partial charge >= 0.3 is 0 Å². The molecule has 0 spiro atoms. The SMILES string of the molecule is N#CC(CC1CCNC1=O)NC(=O)C(CC1CC1)NC(=O)C(Cc1cccc2ccccc12)NC(=O)c1cnccn1. The topological polar surface area (TPSA) is 166 Å². The summed E-state index contributed by atoms with van der Waals surface area (Å²) in [5.41, 5.74) is 0.920. The largest absolute Gasteiger partial charge is 0.356 e. The Morgan fingerprint density at radius 1 is 0.952 bits per heavy atom. The maximum Gasteiger partial charge on any atom is 0.272 e. The van der Waals surface area contributed by atoms with Crippen LogP contribution >= 0.6 is 0 Å². The highest BCUT2D eigenvalue weighted by molar-refractivity contribution is 5.97. The van der Waals surface area contributed by atoms with Gasteiger partial charge in [0.25, 0.3) is 5.91 Å². The van der Waals surface area contributed by atoms with Crippen molar-refractivity contribution < 1.29 is 19.2 Å². The van der Waals surface area contributed by atoms with Gasteiger partial charge in [-0.05, 0) is 41.5 Å². The Morgan fingerprint density at radius 3 is 2.45 bits per heavy atom. The summed E-state index contributed by atoms with van der Waals surface area (Å²) in [6.45, 7) is 0.550. The van der Waals surface area contributed by atoms with E-state index in [1.54, 1.807) is 0 Å². The molecule has 3 aromatic rings. The number of nitriles is 1. The van der Waals surface area contributed by atoms with Crippen molar-refractivity contribution in [2.24, 2.45) is 11.8 Å². The third-order valence-corrected chi connectivity index (χ3v) is 7.78. The van der Waals surface area contributed by atoms with E-state index < -0.39 is 35.8 Å². The monoisotopic (exact) mass is 567 g/mol. The second kappa shape index (κ2) is 13.2. The van der Waals surface area contributed by atoms with Gasteiger partial charge in [-0.15, -0.1) is 0 Å². The number of amides is 4. The van der Waals surface area contributed by atoms with Crippen LogP contribution in [0.25, 0.3) is 10.8 Å². The number of fused-ring (bicyclic) bond motifs is 1. The van der Waals surface area contributed by atoms with Crippen LogP contribution in [-0.4, -0.2) is 58.3 Å². The Kier molecular flexibility index (Phi) is 9.02. The molecule has 1 saturated carbocycles. The molecular formula is C31H33N7O4. The molecule has 5 rings (SSSR count). The van der Waals surface area contributed by atoms with Crippen LogP contribution in [-0.2, 0) is 20.8 Å². The highest BCUT2D eigenvalue weighted by Gasteiger charge is 2.35. The number of nitrogens with one attached hydrogen (secondary N) is 4. The molecule has 2 heterocycles. The molecule has 2 fully saturated rings. The van der Waals surface area contributed by atoms with E-state index in [-0.39, 0.29) is 36.3 Å². The molecule has 1 aliphatic heterocycles. The molecule has 4 unspecified atom stereocenters. The third kappa shape index (κ3) is 7.26. The summed E-state index contributed by atoms with van der Waals surface area (Å²) in [7, 11) is 0. The molecule has 11 nitrogen and oxygen atoms in total. The van der Waals surface area contributed by atoms with Crippen LogP contribution in [0.15, 0.2) is 61.1 Å². The van der Waals surface area contributed by atoms with E-state index in [0.29, 0.717) is 19.4 Å². The summed E-state index contributed by atoms with van der Waals surface area (Å²) < 4.78 is 0. The van der Waals surface area contributed by atoms with E-state index >= 15 is 0 Å². The number of hydrogen-bond donors (Lipinski definition) is 4. The Balaban J connectivity index is 1.34. The lowest BCUT2D eigenvalue weighted by Gasteiger charge is -2.25. The highest BCUT2D eigenvalue weighted by Crippen LogP contribution is 2.33. The molecule has 0 bridgehead atoms. The second-order valence-corrected chi connectivity index (χ2v) is 10.9. The standard InChI is InChI=1S/C31H33N7O4/c32-17-23(15-22-10-11-35-28(22)39)36-29(40)25(14-19-8-9-19)37-30(41)26(38-31(42)27-18-33-12-13-34-27)16-21-6-3-5-20-4-1-2-7-24(20)21/h1-7,12-13,18-19,22-23,25-26H,8-11,14-16H2,(H,35,39)(H,36,40)(H,37,41)(H,38,42). The van der Waals surface area contributed by atoms with Crippen LogP contribution in [0.2, 0.25) is 0 Å². The third-order valence-electron chi connectivity index (χ3n) is 7.78. The Hall–Kier alpha value is -4.85. The van der Waals surface area contributed by atoms with Gasteiger partial charge in [-0.2, -0.15) is 5.26 Å². The maximum absolute atomic E-state index is 13.8. The summed E-state index contributed by atoms with van der Waals surface area (Å²) in [4.78, 5) is 60.2. The van der Waals surface area contributed by atoms with Crippen molar-refractivity contribution in [3.63, 3.8) is 0 Å². The van der Waals surface area contributed by atoms with Crippen LogP contribution in [0.1, 0.15) is 48.2 Å². The molecule has 1 aliphatic carbocycles. The normalized spacial score (nSPS) is 18.3. The van der Waals surface area contributed by atoms with Crippen molar-refractivity contribution in [2.75, 3.05) is 6.54 Å². The number of benzene rings is 2. The molecule has 11 heteroatoms. The fraction of sp³-hybridized carbons (Fsp3) is 0.387. The van der Waals surface area contributed by atoms with E-state index in [9.17, 15) is 24.4 Å². The van der Waals surface area contributed by atoms with Crippen molar-refractivity contribution >= 4 is 34.4 Å². The van der Waals surface area contributed by atoms with Gasteiger partial charge in [0.1, 0.15) is 23.8 Å². The summed E-state index contributed by atoms with van der Waals surface area (Å²) in [6, 6.07) is 12.8. The minimum absolute atomic E-state index is 0.0632. The molecule has 4 amide bonds. The van der Waals surface area contributed by atoms with Crippen LogP contribution < -0.4 is 21.3 Å². The van der Waals surface area contributed by atoms with Crippen molar-refractivity contribution in [2.45, 2.75) is 56.7 Å². The lowest BCUT2D eigenvalue weighted by molar-refractivity contribution is -0.130. The van der Waals surface area contributed by atoms with Gasteiger partial charge in [0.2, 0.25) is 17.7 Å². The van der Waals surface area contributed by atoms with Gasteiger partial charge in [0.15, 0.2) is 0 Å². The predicted octanol–water partition coefficient (Wildman–Crippen LogP) is 1.79. The summed E-state index contributed by atoms with van der Waals surface area (Å²) in [5.74, 6) is -1.75. The molecule has 216 valence electrons. The summed E-state index contributed by atoms with van der Waals surface area (Å²) >= 11 is 0. The van der Waals surface area contributed by atoms with E-state index in [1.165, 1.54) is 18.6 Å². The van der Waals surface area contributed by atoms with Gasteiger partial charge in [0.05, 0.1) is 12.3 Å². The second-order valence-electron chi connectivity index (χ2n) is 10.9. The Morgan fingerprint density at radius 2 is 1.74 bits per heavy atom. The fourth-order valence-electron chi connectivity index (χ4n) is 5.31. The van der Waals surface area contributed by atoms with Crippen LogP contribution in [0.4, 0.5) is 0 Å². The van der Waals surface area contributed by atoms with Gasteiger partial charge in [-0.3, -0.25) is 24.2 Å². The zero-order chi connectivity index (χ0) is 29.5. The first kappa shape index (κ1) is 28.7. The van der Waals surface area contributed by atoms with Crippen LogP contribution in [0.5, 0.6) is 0 Å². The first-order chi connectivity index (χ1) is 20.4. The van der Waals surface area contributed by atoms with Crippen molar-refractivity contribution in [1.82, 2.24) is 31.2 Å². The van der Waals surface area contributed by atoms with Crippen LogP contribution in [0, 0.1) is 23.2 Å². The zero-order valence-corrected chi connectivity index (χ0v) is 23.1. The van der Waals surface area contributed by atoms with E-state index in [2.05, 4.69) is 37.3 Å². The number of carbonyl (C=O) groups excluding carboxylic acids is 4. The number of nitrogens with zero attached hydrogens (tertiary/aromatic N) is 3. The minimum atomic E-state index is -1.02. The smallest absolute Gasteiger partial charge is 0.272 e. The zero-order valence-electron chi connectivity index (χ0n) is 23.1. The van der Waals surface area contributed by atoms with Crippen molar-refractivity contribution in [1.29, 1.82) is 5.26 Å². The number of carbonyl (C=O) groups is 4. The van der Waals surface area contributed by atoms with E-state index in [0.717, 1.165) is 29.2 Å². The molecule has 1 saturated heterocycles. The predicted molar refractivity (Wildman–Crippen MR) is 153 cm³/mol. The fourth-order valence-corrected chi connectivity index (χ4v) is 5.31. The average molecular weight is 568 g/mol. The minimum Gasteiger partial charge on any atom is -0.356 e. The Labute approximate surface area is 243 Å². The first-order valence-electron chi connectivity index (χ1n) is 14.2. The maximum atomic E-state index is 13.8. The van der Waals surface area contributed by atoms with Crippen LogP contribution in [0.3, 0.4) is 0 Å². The van der Waals surface area contributed by atoms with Crippen molar-refractivity contribution in [3.05, 3.63) is 72.3 Å². The Bertz CT molecular complexity index is 1500. The summed E-state index contributed by atoms with van der Waals surface area (Å²) in [5, 5.41) is 22.7. The van der Waals surface area contributed by atoms with E-state index in [4.69, 9.17) is 0 Å². The number of hydrogen-bond acceptors (Lipinski definition) is 7. The quantitative estimate of drug-likeness (QED) is 0.259. The van der Waals surface area contributed by atoms with Gasteiger partial charge < -0.3 is 21.3 Å². The van der Waals surface area contributed by atoms with Gasteiger partial charge in [-0.25, -0.2) is 4.98 Å². The highest BCUT2D eigenvalue weighted by atomic mass is 16.2. The summed E-state index contributed by atoms with van der Waals surface area (Å²) in [6.07, 6.45) is 7.47. The van der Waals surface area contributed by atoms with Gasteiger partial charge in [-0.1, -0.05) is 55.3 Å². The average Bonchev–Trinajstić information content (AvgIpc) is 3.75. The number of aromatic nitrogens is 2. The molecule has 2 aliphatic rings. The first-order valence-corrected chi connectivity index (χ1v) is 14.2. The van der Waals surface area contributed by atoms with Crippen molar-refractivity contribution in [3.8, 4) is 6.07 Å². The molecule has 0 radical (unpaired) electrons. The molecule has 2 aromatic carbocycles. The molecular weight excluding hydrogens is 534 g/mol. The number of rotatable bonds is 12. The molecule has 1 aromatic heterocycles. The molecule has 4 atom stereocenters. The molecule has 42 heavy (non-hydrogen) atoms. The van der Waals surface area contributed by atoms with Gasteiger partial charge in [0, 0.05) is 31.3 Å². The lowest BCUT2D eigenvalue weighted by Crippen LogP contribution is -2.55. The molecule has 4 N–H and O–H groups in total. The van der Waals surface area contributed by atoms with E-state index in [1.807, 2.05) is 42.5 Å².